The SMILES string of the molecule is C=CC1CCC(c2ccc(CCc3ccc4cc(CCCCC)c(F)c(F)c4c3)cc2)CC1. The number of allylic oxidation sites excluding steroid dienone is 1. The molecule has 1 saturated carbocycles. The number of hydrogen-bond acceptors (Lipinski definition) is 0. The molecular weight excluding hydrogens is 410 g/mol. The summed E-state index contributed by atoms with van der Waals surface area (Å²) in [5.41, 5.74) is 4.28. The highest BCUT2D eigenvalue weighted by molar-refractivity contribution is 5.84. The molecule has 2 heteroatoms. The van der Waals surface area contributed by atoms with Crippen LogP contribution in [-0.2, 0) is 19.3 Å². The predicted octanol–water partition coefficient (Wildman–Crippen LogP) is 9.10. The Hall–Kier alpha value is -2.48. The van der Waals surface area contributed by atoms with Crippen molar-refractivity contribution in [3.63, 3.8) is 0 Å². The summed E-state index contributed by atoms with van der Waals surface area (Å²) in [4.78, 5) is 0. The smallest absolute Gasteiger partial charge is 0.166 e. The lowest BCUT2D eigenvalue weighted by atomic mass is 9.78. The third-order valence-corrected chi connectivity index (χ3v) is 7.47. The second kappa shape index (κ2) is 11.1. The van der Waals surface area contributed by atoms with Gasteiger partial charge in [0.1, 0.15) is 0 Å². The van der Waals surface area contributed by atoms with Crippen molar-refractivity contribution in [1.82, 2.24) is 0 Å². The van der Waals surface area contributed by atoms with E-state index in [1.807, 2.05) is 18.2 Å². The first-order valence-electron chi connectivity index (χ1n) is 12.7. The summed E-state index contributed by atoms with van der Waals surface area (Å²) < 4.78 is 29.4. The van der Waals surface area contributed by atoms with Crippen molar-refractivity contribution in [1.29, 1.82) is 0 Å². The third-order valence-electron chi connectivity index (χ3n) is 7.47. The van der Waals surface area contributed by atoms with Gasteiger partial charge in [-0.15, -0.1) is 6.58 Å². The highest BCUT2D eigenvalue weighted by atomic mass is 19.2. The zero-order chi connectivity index (χ0) is 23.2. The molecule has 0 unspecified atom stereocenters. The lowest BCUT2D eigenvalue weighted by Gasteiger charge is -2.27. The van der Waals surface area contributed by atoms with E-state index < -0.39 is 11.6 Å². The van der Waals surface area contributed by atoms with Crippen LogP contribution >= 0.6 is 0 Å². The summed E-state index contributed by atoms with van der Waals surface area (Å²) in [6, 6.07) is 16.7. The predicted molar refractivity (Wildman–Crippen MR) is 136 cm³/mol. The lowest BCUT2D eigenvalue weighted by Crippen LogP contribution is -2.11. The van der Waals surface area contributed by atoms with Gasteiger partial charge in [-0.25, -0.2) is 8.78 Å². The van der Waals surface area contributed by atoms with E-state index in [0.717, 1.165) is 43.1 Å². The summed E-state index contributed by atoms with van der Waals surface area (Å²) in [6.45, 7) is 6.06. The Labute approximate surface area is 197 Å². The molecule has 0 aromatic heterocycles. The minimum absolute atomic E-state index is 0.398. The van der Waals surface area contributed by atoms with E-state index in [9.17, 15) is 8.78 Å². The van der Waals surface area contributed by atoms with Crippen LogP contribution in [0.4, 0.5) is 8.78 Å². The van der Waals surface area contributed by atoms with E-state index in [4.69, 9.17) is 0 Å². The molecule has 0 nitrogen and oxygen atoms in total. The van der Waals surface area contributed by atoms with Crippen molar-refractivity contribution in [2.75, 3.05) is 0 Å². The van der Waals surface area contributed by atoms with Crippen LogP contribution in [0.1, 0.15) is 80.0 Å². The molecule has 3 aromatic rings. The normalized spacial score (nSPS) is 18.5. The Morgan fingerprint density at radius 2 is 1.52 bits per heavy atom. The maximum Gasteiger partial charge on any atom is 0.166 e. The van der Waals surface area contributed by atoms with Crippen molar-refractivity contribution < 1.29 is 8.78 Å². The number of benzene rings is 3. The summed E-state index contributed by atoms with van der Waals surface area (Å²) in [6.07, 6.45) is 12.4. The molecule has 3 aromatic carbocycles. The second-order valence-electron chi connectivity index (χ2n) is 9.77. The van der Waals surface area contributed by atoms with Gasteiger partial charge >= 0.3 is 0 Å². The monoisotopic (exact) mass is 446 g/mol. The molecule has 0 aliphatic heterocycles. The molecule has 174 valence electrons. The van der Waals surface area contributed by atoms with Crippen LogP contribution in [0.25, 0.3) is 10.8 Å². The Bertz CT molecular complexity index is 1070. The van der Waals surface area contributed by atoms with Crippen LogP contribution < -0.4 is 0 Å². The first kappa shape index (κ1) is 23.7. The fourth-order valence-electron chi connectivity index (χ4n) is 5.27. The van der Waals surface area contributed by atoms with Crippen LogP contribution in [-0.4, -0.2) is 0 Å². The van der Waals surface area contributed by atoms with Crippen LogP contribution in [0, 0.1) is 17.6 Å². The lowest BCUT2D eigenvalue weighted by molar-refractivity contribution is 0.376. The number of hydrogen-bond donors (Lipinski definition) is 0. The van der Waals surface area contributed by atoms with Gasteiger partial charge in [0.2, 0.25) is 0 Å². The average molecular weight is 447 g/mol. The standard InChI is InChI=1S/C31H36F2/c1-3-5-6-7-28-21-27-19-14-24(20-29(27)31(33)30(28)32)9-8-23-12-17-26(18-13-23)25-15-10-22(4-2)11-16-25/h4,12-14,17-22,25H,2-3,5-11,15-16H2,1H3. The van der Waals surface area contributed by atoms with E-state index >= 15 is 0 Å². The number of aryl methyl sites for hydroxylation is 3. The van der Waals surface area contributed by atoms with Crippen molar-refractivity contribution in [3.8, 4) is 0 Å². The van der Waals surface area contributed by atoms with E-state index in [-0.39, 0.29) is 0 Å². The Balaban J connectivity index is 1.40. The molecule has 33 heavy (non-hydrogen) atoms. The highest BCUT2D eigenvalue weighted by Gasteiger charge is 2.20. The second-order valence-corrected chi connectivity index (χ2v) is 9.77. The maximum absolute atomic E-state index is 14.8. The quantitative estimate of drug-likeness (QED) is 0.227. The molecule has 0 spiro atoms. The fraction of sp³-hybridized carbons (Fsp3) is 0.419. The summed E-state index contributed by atoms with van der Waals surface area (Å²) in [5.74, 6) is -0.0150. The highest BCUT2D eigenvalue weighted by Crippen LogP contribution is 2.36. The largest absolute Gasteiger partial charge is 0.203 e. The number of fused-ring (bicyclic) bond motifs is 1. The van der Waals surface area contributed by atoms with Gasteiger partial charge < -0.3 is 0 Å². The molecule has 0 N–H and O–H groups in total. The molecule has 0 saturated heterocycles. The first-order valence-corrected chi connectivity index (χ1v) is 12.7. The summed E-state index contributed by atoms with van der Waals surface area (Å²) in [5, 5.41) is 1.19. The van der Waals surface area contributed by atoms with Crippen LogP contribution in [0.5, 0.6) is 0 Å². The molecule has 0 atom stereocenters. The summed E-state index contributed by atoms with van der Waals surface area (Å²) in [7, 11) is 0. The van der Waals surface area contributed by atoms with Gasteiger partial charge in [-0.3, -0.25) is 0 Å². The first-order chi connectivity index (χ1) is 16.1. The zero-order valence-electron chi connectivity index (χ0n) is 19.9. The number of halogens is 2. The van der Waals surface area contributed by atoms with Crippen molar-refractivity contribution in [2.24, 2.45) is 5.92 Å². The molecule has 4 rings (SSSR count). The Kier molecular flexibility index (Phi) is 7.96. The van der Waals surface area contributed by atoms with Gasteiger partial charge in [-0.1, -0.05) is 62.2 Å². The zero-order valence-corrected chi connectivity index (χ0v) is 19.9. The van der Waals surface area contributed by atoms with E-state index in [2.05, 4.69) is 49.9 Å². The fourth-order valence-corrected chi connectivity index (χ4v) is 5.27. The van der Waals surface area contributed by atoms with Crippen LogP contribution in [0.3, 0.4) is 0 Å². The van der Waals surface area contributed by atoms with E-state index in [0.29, 0.717) is 29.2 Å². The van der Waals surface area contributed by atoms with Crippen LogP contribution in [0.15, 0.2) is 61.2 Å². The molecule has 1 aliphatic carbocycles. The molecule has 0 bridgehead atoms. The molecule has 1 aliphatic rings. The van der Waals surface area contributed by atoms with Gasteiger partial charge in [0.25, 0.3) is 0 Å². The van der Waals surface area contributed by atoms with Gasteiger partial charge in [0, 0.05) is 5.39 Å². The minimum Gasteiger partial charge on any atom is -0.203 e. The van der Waals surface area contributed by atoms with Gasteiger partial charge in [0.15, 0.2) is 11.6 Å². The molecule has 0 heterocycles. The molecule has 0 radical (unpaired) electrons. The average Bonchev–Trinajstić information content (AvgIpc) is 2.86. The van der Waals surface area contributed by atoms with Crippen molar-refractivity contribution >= 4 is 10.8 Å². The van der Waals surface area contributed by atoms with E-state index in [1.54, 1.807) is 0 Å². The summed E-state index contributed by atoms with van der Waals surface area (Å²) >= 11 is 0. The third kappa shape index (κ3) is 5.72. The Morgan fingerprint density at radius 1 is 0.818 bits per heavy atom. The van der Waals surface area contributed by atoms with Crippen LogP contribution in [0.2, 0.25) is 0 Å². The Morgan fingerprint density at radius 3 is 2.21 bits per heavy atom. The van der Waals surface area contributed by atoms with Crippen molar-refractivity contribution in [3.05, 3.63) is 95.1 Å². The minimum atomic E-state index is -0.698. The van der Waals surface area contributed by atoms with Gasteiger partial charge in [-0.05, 0) is 103 Å². The van der Waals surface area contributed by atoms with Gasteiger partial charge in [0.05, 0.1) is 0 Å². The maximum atomic E-state index is 14.8. The topological polar surface area (TPSA) is 0 Å². The van der Waals surface area contributed by atoms with E-state index in [1.165, 1.54) is 36.8 Å². The number of unbranched alkanes of at least 4 members (excludes halogenated alkanes) is 2. The molecule has 1 fully saturated rings. The molecular formula is C31H36F2. The number of rotatable bonds is 9. The molecule has 0 amide bonds. The van der Waals surface area contributed by atoms with Crippen molar-refractivity contribution in [2.45, 2.75) is 77.0 Å². The van der Waals surface area contributed by atoms with Gasteiger partial charge in [-0.2, -0.15) is 0 Å².